The lowest BCUT2D eigenvalue weighted by atomic mass is 10.1. The molecule has 0 bridgehead atoms. The molecule has 0 saturated carbocycles. The molecule has 0 aliphatic rings. The summed E-state index contributed by atoms with van der Waals surface area (Å²) >= 11 is 0. The lowest BCUT2D eigenvalue weighted by Gasteiger charge is -2.19. The first-order chi connectivity index (χ1) is 26.2. The second-order valence-corrected chi connectivity index (χ2v) is 15.7. The molecule has 0 spiro atoms. The summed E-state index contributed by atoms with van der Waals surface area (Å²) < 4.78 is 32.7. The number of allylic oxidation sites excluding steroid dienone is 6. The van der Waals surface area contributed by atoms with Gasteiger partial charge in [-0.25, -0.2) is 4.57 Å². The van der Waals surface area contributed by atoms with Crippen LogP contribution in [0.3, 0.4) is 0 Å². The first kappa shape index (κ1) is 51.9. The first-order valence-corrected chi connectivity index (χ1v) is 22.9. The van der Waals surface area contributed by atoms with Crippen LogP contribution < -0.4 is 5.73 Å². The van der Waals surface area contributed by atoms with Crippen LogP contribution in [0.25, 0.3) is 0 Å². The van der Waals surface area contributed by atoms with Gasteiger partial charge >= 0.3 is 19.8 Å². The Bertz CT molecular complexity index is 1050. The highest BCUT2D eigenvalue weighted by atomic mass is 31.2. The lowest BCUT2D eigenvalue weighted by molar-refractivity contribution is -0.161. The molecule has 0 radical (unpaired) electrons. The number of carbonyl (C=O) groups excluding carboxylic acids is 3. The minimum Gasteiger partial charge on any atom is -0.462 e. The average Bonchev–Trinajstić information content (AvgIpc) is 3.15. The molecule has 0 heterocycles. The highest BCUT2D eigenvalue weighted by Gasteiger charge is 2.26. The molecular formula is C43H78NO9P. The molecule has 54 heavy (non-hydrogen) atoms. The van der Waals surface area contributed by atoms with Crippen LogP contribution in [-0.4, -0.2) is 55.1 Å². The van der Waals surface area contributed by atoms with Crippen LogP contribution in [-0.2, 0) is 37.5 Å². The van der Waals surface area contributed by atoms with Crippen LogP contribution >= 0.6 is 7.82 Å². The number of hydrogen-bond acceptors (Lipinski definition) is 9. The van der Waals surface area contributed by atoms with E-state index in [4.69, 9.17) is 24.3 Å². The summed E-state index contributed by atoms with van der Waals surface area (Å²) in [7, 11) is -4.39. The van der Waals surface area contributed by atoms with Crippen molar-refractivity contribution in [2.24, 2.45) is 5.73 Å². The van der Waals surface area contributed by atoms with Crippen molar-refractivity contribution in [3.05, 3.63) is 36.5 Å². The SMILES string of the molecule is CCCCCCCC/C=C\CCCCCCCCCC(=O)O[C@H](COC(=O)CCCCCCC/C=C\C=C\C(=O)CCCCC)COP(=O)(O)OCCN. The topological polar surface area (TPSA) is 151 Å². The monoisotopic (exact) mass is 784 g/mol. The molecule has 1 unspecified atom stereocenters. The smallest absolute Gasteiger partial charge is 0.462 e. The summed E-state index contributed by atoms with van der Waals surface area (Å²) in [5.74, 6) is -0.717. The summed E-state index contributed by atoms with van der Waals surface area (Å²) in [6, 6.07) is 0. The Balaban J connectivity index is 4.23. The Labute approximate surface area is 329 Å². The molecule has 0 fully saturated rings. The number of nitrogens with two attached hydrogens (primary N) is 1. The van der Waals surface area contributed by atoms with Gasteiger partial charge in [0.1, 0.15) is 6.61 Å². The van der Waals surface area contributed by atoms with E-state index in [0.717, 1.165) is 77.0 Å². The van der Waals surface area contributed by atoms with Crippen LogP contribution in [0.1, 0.15) is 187 Å². The fourth-order valence-corrected chi connectivity index (χ4v) is 6.49. The van der Waals surface area contributed by atoms with E-state index in [0.29, 0.717) is 19.3 Å². The molecule has 0 aromatic heterocycles. The minimum absolute atomic E-state index is 0.0394. The largest absolute Gasteiger partial charge is 0.472 e. The van der Waals surface area contributed by atoms with Crippen molar-refractivity contribution in [3.63, 3.8) is 0 Å². The Morgan fingerprint density at radius 3 is 1.65 bits per heavy atom. The van der Waals surface area contributed by atoms with Crippen molar-refractivity contribution >= 4 is 25.5 Å². The molecule has 3 N–H and O–H groups in total. The number of phosphoric ester groups is 1. The van der Waals surface area contributed by atoms with E-state index in [9.17, 15) is 23.8 Å². The van der Waals surface area contributed by atoms with Gasteiger partial charge in [0.15, 0.2) is 11.9 Å². The third-order valence-electron chi connectivity index (χ3n) is 8.97. The molecule has 0 aliphatic heterocycles. The number of phosphoric acid groups is 1. The molecule has 10 nitrogen and oxygen atoms in total. The van der Waals surface area contributed by atoms with Gasteiger partial charge in [-0.05, 0) is 63.9 Å². The minimum atomic E-state index is -4.39. The van der Waals surface area contributed by atoms with Gasteiger partial charge in [-0.15, -0.1) is 0 Å². The zero-order valence-electron chi connectivity index (χ0n) is 34.2. The molecule has 0 amide bonds. The number of rotatable bonds is 40. The molecule has 0 aromatic carbocycles. The predicted molar refractivity (Wildman–Crippen MR) is 220 cm³/mol. The van der Waals surface area contributed by atoms with Crippen molar-refractivity contribution in [2.45, 2.75) is 193 Å². The summed E-state index contributed by atoms with van der Waals surface area (Å²) in [6.07, 6.45) is 38.6. The Morgan fingerprint density at radius 2 is 1.07 bits per heavy atom. The maximum Gasteiger partial charge on any atom is 0.472 e. The highest BCUT2D eigenvalue weighted by molar-refractivity contribution is 7.47. The Hall–Kier alpha value is -2.10. The van der Waals surface area contributed by atoms with Crippen LogP contribution in [0.15, 0.2) is 36.5 Å². The normalized spacial score (nSPS) is 13.6. The zero-order chi connectivity index (χ0) is 39.8. The summed E-state index contributed by atoms with van der Waals surface area (Å²) in [5.41, 5.74) is 5.34. The number of esters is 2. The average molecular weight is 784 g/mol. The third kappa shape index (κ3) is 38.2. The second-order valence-electron chi connectivity index (χ2n) is 14.2. The van der Waals surface area contributed by atoms with Crippen molar-refractivity contribution in [3.8, 4) is 0 Å². The highest BCUT2D eigenvalue weighted by Crippen LogP contribution is 2.43. The van der Waals surface area contributed by atoms with Crippen LogP contribution in [0.2, 0.25) is 0 Å². The molecule has 11 heteroatoms. The van der Waals surface area contributed by atoms with Gasteiger partial charge in [0.05, 0.1) is 13.2 Å². The molecular weight excluding hydrogens is 705 g/mol. The summed E-state index contributed by atoms with van der Waals surface area (Å²) in [4.78, 5) is 46.6. The Morgan fingerprint density at radius 1 is 0.593 bits per heavy atom. The summed E-state index contributed by atoms with van der Waals surface area (Å²) in [5, 5.41) is 0. The van der Waals surface area contributed by atoms with E-state index in [-0.39, 0.29) is 38.4 Å². The first-order valence-electron chi connectivity index (χ1n) is 21.4. The van der Waals surface area contributed by atoms with Crippen LogP contribution in [0.5, 0.6) is 0 Å². The van der Waals surface area contributed by atoms with Crippen molar-refractivity contribution in [2.75, 3.05) is 26.4 Å². The molecule has 314 valence electrons. The van der Waals surface area contributed by atoms with Gasteiger partial charge in [-0.1, -0.05) is 141 Å². The molecule has 0 rings (SSSR count). The van der Waals surface area contributed by atoms with E-state index >= 15 is 0 Å². The van der Waals surface area contributed by atoms with E-state index < -0.39 is 32.5 Å². The van der Waals surface area contributed by atoms with E-state index in [1.807, 2.05) is 12.2 Å². The molecule has 0 aromatic rings. The van der Waals surface area contributed by atoms with Crippen molar-refractivity contribution < 1.29 is 42.4 Å². The number of ether oxygens (including phenoxy) is 2. The van der Waals surface area contributed by atoms with Gasteiger partial charge in [-0.2, -0.15) is 0 Å². The number of hydrogen-bond donors (Lipinski definition) is 2. The van der Waals surface area contributed by atoms with Crippen LogP contribution in [0.4, 0.5) is 0 Å². The third-order valence-corrected chi connectivity index (χ3v) is 9.96. The number of unbranched alkanes of at least 4 members (excludes halogenated alkanes) is 20. The van der Waals surface area contributed by atoms with Gasteiger partial charge in [0, 0.05) is 25.8 Å². The quantitative estimate of drug-likeness (QED) is 0.0153. The fraction of sp³-hybridized carbons (Fsp3) is 0.791. The Kier molecular flexibility index (Phi) is 37.6. The van der Waals surface area contributed by atoms with Gasteiger partial charge in [-0.3, -0.25) is 23.4 Å². The number of carbonyl (C=O) groups is 3. The van der Waals surface area contributed by atoms with Crippen LogP contribution in [0, 0.1) is 0 Å². The van der Waals surface area contributed by atoms with Crippen molar-refractivity contribution in [1.82, 2.24) is 0 Å². The van der Waals surface area contributed by atoms with Crippen molar-refractivity contribution in [1.29, 1.82) is 0 Å². The molecule has 0 aliphatic carbocycles. The molecule has 0 saturated heterocycles. The lowest BCUT2D eigenvalue weighted by Crippen LogP contribution is -2.29. The van der Waals surface area contributed by atoms with E-state index in [1.54, 1.807) is 6.08 Å². The van der Waals surface area contributed by atoms with Gasteiger partial charge < -0.3 is 20.1 Å². The second kappa shape index (κ2) is 39.1. The fourth-order valence-electron chi connectivity index (χ4n) is 5.73. The maximum absolute atomic E-state index is 12.6. The summed E-state index contributed by atoms with van der Waals surface area (Å²) in [6.45, 7) is 3.52. The van der Waals surface area contributed by atoms with Gasteiger partial charge in [0.2, 0.25) is 0 Å². The molecule has 2 atom stereocenters. The van der Waals surface area contributed by atoms with E-state index in [2.05, 4.69) is 32.1 Å². The van der Waals surface area contributed by atoms with E-state index in [1.165, 1.54) is 64.2 Å². The maximum atomic E-state index is 12.6. The predicted octanol–water partition coefficient (Wildman–Crippen LogP) is 11.3. The number of ketones is 1. The zero-order valence-corrected chi connectivity index (χ0v) is 35.1. The van der Waals surface area contributed by atoms with Gasteiger partial charge in [0.25, 0.3) is 0 Å². The standard InChI is InChI=1S/C43H78NO9P/c1-3-5-7-8-9-10-11-12-13-14-15-16-17-20-24-27-31-35-43(47)53-41(39-52-54(48,49)51-37-36-44)38-50-42(46)34-30-26-23-21-18-19-22-25-29-33-40(45)32-28-6-4-2/h12-13,22,25,29,33,41H,3-11,14-21,23-24,26-28,30-32,34-39,44H2,1-2H3,(H,48,49)/b13-12-,25-22-,33-29+/t41-/m1/s1.